The second-order valence-corrected chi connectivity index (χ2v) is 10.7. The predicted molar refractivity (Wildman–Crippen MR) is 133 cm³/mol. The first kappa shape index (κ1) is 30.0. The maximum atomic E-state index is 13.8. The average molecular weight is 575 g/mol. The zero-order valence-corrected chi connectivity index (χ0v) is 22.1. The molecule has 0 aromatic heterocycles. The molecule has 12 heteroatoms. The van der Waals surface area contributed by atoms with Gasteiger partial charge in [0.2, 0.25) is 0 Å². The number of alkyl halides is 6. The SMILES string of the molecule is CC(=O)[N+]1(C2CCNCC2)CC[C@@H](N(C)C(=O)c2cc(C(F)(F)F)cc(C(F)(F)F)c2)[C@H](c2ccc(F)cc2)C1. The number of nitrogens with zero attached hydrogens (tertiary/aromatic N) is 2. The summed E-state index contributed by atoms with van der Waals surface area (Å²) >= 11 is 0. The molecule has 2 aliphatic heterocycles. The molecule has 0 spiro atoms. The van der Waals surface area contributed by atoms with Gasteiger partial charge in [0.15, 0.2) is 0 Å². The molecule has 0 radical (unpaired) electrons. The highest BCUT2D eigenvalue weighted by Crippen LogP contribution is 2.40. The Morgan fingerprint density at radius 1 is 0.900 bits per heavy atom. The Hall–Kier alpha value is -2.99. The first-order valence-electron chi connectivity index (χ1n) is 13.0. The van der Waals surface area contributed by atoms with E-state index in [1.54, 1.807) is 12.1 Å². The summed E-state index contributed by atoms with van der Waals surface area (Å²) in [7, 11) is 1.34. The second-order valence-electron chi connectivity index (χ2n) is 10.7. The van der Waals surface area contributed by atoms with Gasteiger partial charge in [-0.15, -0.1) is 0 Å². The molecule has 0 saturated carbocycles. The molecule has 2 fully saturated rings. The second kappa shape index (κ2) is 11.1. The van der Waals surface area contributed by atoms with Crippen LogP contribution in [-0.2, 0) is 17.1 Å². The van der Waals surface area contributed by atoms with Crippen LogP contribution in [0.5, 0.6) is 0 Å². The fourth-order valence-corrected chi connectivity index (χ4v) is 6.24. The van der Waals surface area contributed by atoms with Gasteiger partial charge in [-0.05, 0) is 35.9 Å². The number of quaternary nitrogens is 1. The number of amides is 2. The van der Waals surface area contributed by atoms with Crippen molar-refractivity contribution in [3.05, 3.63) is 70.5 Å². The van der Waals surface area contributed by atoms with Crippen LogP contribution in [0.25, 0.3) is 0 Å². The van der Waals surface area contributed by atoms with Crippen molar-refractivity contribution in [2.75, 3.05) is 33.2 Å². The van der Waals surface area contributed by atoms with Gasteiger partial charge < -0.3 is 10.2 Å². The van der Waals surface area contributed by atoms with Crippen LogP contribution in [-0.4, -0.2) is 66.5 Å². The summed E-state index contributed by atoms with van der Waals surface area (Å²) in [6.45, 7) is 3.61. The van der Waals surface area contributed by atoms with Gasteiger partial charge in [-0.1, -0.05) is 12.1 Å². The van der Waals surface area contributed by atoms with Crippen LogP contribution in [0.3, 0.4) is 0 Å². The van der Waals surface area contributed by atoms with Crippen molar-refractivity contribution in [2.45, 2.75) is 56.5 Å². The van der Waals surface area contributed by atoms with E-state index in [1.165, 1.54) is 31.0 Å². The molecule has 2 aliphatic rings. The lowest BCUT2D eigenvalue weighted by molar-refractivity contribution is -0.887. The number of carbonyl (C=O) groups is 2. The molecule has 1 N–H and O–H groups in total. The standard InChI is InChI=1S/C28H31F7N3O2/c1-17(39)38(23-7-10-36-11-8-23)12-9-25(24(16-38)18-3-5-22(29)6-4-18)37(2)26(40)19-13-20(27(30,31)32)15-21(14-19)28(33,34)35/h3-6,13-15,23-25,36H,7-12,16H2,1-2H3/q+1/t24-,25+,38?/m0/s1. The number of benzene rings is 2. The molecule has 0 aliphatic carbocycles. The first-order valence-corrected chi connectivity index (χ1v) is 13.0. The molecule has 218 valence electrons. The quantitative estimate of drug-likeness (QED) is 0.382. The Bertz CT molecular complexity index is 1210. The van der Waals surface area contributed by atoms with Crippen LogP contribution in [0.2, 0.25) is 0 Å². The minimum absolute atomic E-state index is 0.0152. The van der Waals surface area contributed by atoms with E-state index in [1.807, 2.05) is 0 Å². The molecule has 2 saturated heterocycles. The van der Waals surface area contributed by atoms with Crippen LogP contribution in [0.4, 0.5) is 30.7 Å². The number of likely N-dealkylation sites (N-methyl/N-ethyl adjacent to an activating group) is 1. The number of rotatable bonds is 4. The van der Waals surface area contributed by atoms with Crippen molar-refractivity contribution < 1.29 is 44.8 Å². The van der Waals surface area contributed by atoms with E-state index in [0.29, 0.717) is 24.2 Å². The largest absolute Gasteiger partial charge is 0.416 e. The van der Waals surface area contributed by atoms with E-state index in [4.69, 9.17) is 0 Å². The summed E-state index contributed by atoms with van der Waals surface area (Å²) in [5, 5.41) is 3.27. The summed E-state index contributed by atoms with van der Waals surface area (Å²) in [4.78, 5) is 27.8. The Balaban J connectivity index is 1.73. The van der Waals surface area contributed by atoms with Crippen molar-refractivity contribution in [1.29, 1.82) is 0 Å². The molecule has 2 aromatic carbocycles. The summed E-state index contributed by atoms with van der Waals surface area (Å²) in [5.74, 6) is -2.07. The highest BCUT2D eigenvalue weighted by Gasteiger charge is 2.50. The van der Waals surface area contributed by atoms with Crippen LogP contribution in [0, 0.1) is 5.82 Å². The monoisotopic (exact) mass is 574 g/mol. The third-order valence-corrected chi connectivity index (χ3v) is 8.40. The fraction of sp³-hybridized carbons (Fsp3) is 0.500. The van der Waals surface area contributed by atoms with E-state index in [0.717, 1.165) is 25.9 Å². The third-order valence-electron chi connectivity index (χ3n) is 8.40. The minimum atomic E-state index is -5.09. The van der Waals surface area contributed by atoms with Crippen molar-refractivity contribution in [2.24, 2.45) is 0 Å². The fourth-order valence-electron chi connectivity index (χ4n) is 6.24. The number of halogens is 7. The van der Waals surface area contributed by atoms with Crippen LogP contribution < -0.4 is 5.32 Å². The van der Waals surface area contributed by atoms with Gasteiger partial charge in [-0.3, -0.25) is 9.28 Å². The average Bonchev–Trinajstić information content (AvgIpc) is 2.91. The summed E-state index contributed by atoms with van der Waals surface area (Å²) < 4.78 is 94.6. The van der Waals surface area contributed by atoms with Crippen LogP contribution in [0.15, 0.2) is 42.5 Å². The summed E-state index contributed by atoms with van der Waals surface area (Å²) in [6, 6.07) is 5.77. The molecule has 4 rings (SSSR count). The van der Waals surface area contributed by atoms with Crippen molar-refractivity contribution in [1.82, 2.24) is 10.2 Å². The number of hydrogen-bond acceptors (Lipinski definition) is 3. The van der Waals surface area contributed by atoms with E-state index in [9.17, 15) is 40.3 Å². The topological polar surface area (TPSA) is 49.4 Å². The Labute approximate surface area is 227 Å². The lowest BCUT2D eigenvalue weighted by Crippen LogP contribution is -2.67. The lowest BCUT2D eigenvalue weighted by Gasteiger charge is -2.51. The lowest BCUT2D eigenvalue weighted by atomic mass is 9.81. The van der Waals surface area contributed by atoms with Gasteiger partial charge in [0.05, 0.1) is 43.1 Å². The van der Waals surface area contributed by atoms with Gasteiger partial charge in [-0.25, -0.2) is 9.18 Å². The Morgan fingerprint density at radius 3 is 1.95 bits per heavy atom. The number of carbonyl (C=O) groups excluding carboxylic acids is 2. The highest BCUT2D eigenvalue weighted by molar-refractivity contribution is 5.95. The van der Waals surface area contributed by atoms with E-state index in [-0.39, 0.29) is 35.5 Å². The van der Waals surface area contributed by atoms with Crippen molar-refractivity contribution in [3.63, 3.8) is 0 Å². The van der Waals surface area contributed by atoms with Gasteiger partial charge in [-0.2, -0.15) is 26.3 Å². The van der Waals surface area contributed by atoms with E-state index >= 15 is 0 Å². The number of piperidine rings is 2. The Morgan fingerprint density at radius 2 is 1.45 bits per heavy atom. The number of likely N-dealkylation sites (tertiary alicyclic amines) is 1. The summed E-state index contributed by atoms with van der Waals surface area (Å²) in [5.41, 5.74) is -3.26. The van der Waals surface area contributed by atoms with Crippen LogP contribution in [0.1, 0.15) is 59.2 Å². The third kappa shape index (κ3) is 6.02. The molecule has 40 heavy (non-hydrogen) atoms. The molecular formula is C28H31F7N3O2+. The highest BCUT2D eigenvalue weighted by atomic mass is 19.4. The van der Waals surface area contributed by atoms with Crippen molar-refractivity contribution in [3.8, 4) is 0 Å². The predicted octanol–water partition coefficient (Wildman–Crippen LogP) is 5.61. The smallest absolute Gasteiger partial charge is 0.338 e. The van der Waals surface area contributed by atoms with Crippen LogP contribution >= 0.6 is 0 Å². The van der Waals surface area contributed by atoms with E-state index in [2.05, 4.69) is 5.32 Å². The Kier molecular flexibility index (Phi) is 8.33. The molecule has 2 heterocycles. The molecule has 2 aromatic rings. The summed E-state index contributed by atoms with van der Waals surface area (Å²) in [6.07, 6.45) is -8.41. The maximum Gasteiger partial charge on any atom is 0.416 e. The molecule has 5 nitrogen and oxygen atoms in total. The zero-order chi connectivity index (χ0) is 29.5. The van der Waals surface area contributed by atoms with Gasteiger partial charge in [0, 0.05) is 51.0 Å². The van der Waals surface area contributed by atoms with E-state index < -0.39 is 52.7 Å². The van der Waals surface area contributed by atoms with Crippen molar-refractivity contribution >= 4 is 11.8 Å². The zero-order valence-electron chi connectivity index (χ0n) is 22.1. The molecular weight excluding hydrogens is 543 g/mol. The molecule has 3 atom stereocenters. The molecule has 1 unspecified atom stereocenters. The molecule has 0 bridgehead atoms. The normalized spacial score (nSPS) is 24.5. The van der Waals surface area contributed by atoms with Gasteiger partial charge in [0.1, 0.15) is 5.82 Å². The first-order chi connectivity index (χ1) is 18.6. The minimum Gasteiger partial charge on any atom is -0.338 e. The molecule has 2 amide bonds. The number of hydrogen-bond donors (Lipinski definition) is 1. The maximum absolute atomic E-state index is 13.8. The van der Waals surface area contributed by atoms with Gasteiger partial charge in [0.25, 0.3) is 5.91 Å². The number of nitrogens with one attached hydrogen (secondary N) is 1. The van der Waals surface area contributed by atoms with Gasteiger partial charge >= 0.3 is 18.3 Å².